The second-order valence-corrected chi connectivity index (χ2v) is 8.97. The molecule has 0 radical (unpaired) electrons. The SMILES string of the molecule is Cc1nc(NC(=O)CSc2cc(C)c3cccc(C)c3n2)sc1C(=O)OC(C)C. The van der Waals surface area contributed by atoms with Gasteiger partial charge in [-0.2, -0.15) is 0 Å². The molecule has 29 heavy (non-hydrogen) atoms. The highest BCUT2D eigenvalue weighted by molar-refractivity contribution is 7.99. The fraction of sp³-hybridized carbons (Fsp3) is 0.333. The number of ether oxygens (including phenoxy) is 1. The normalized spacial score (nSPS) is 11.1. The van der Waals surface area contributed by atoms with Gasteiger partial charge in [-0.1, -0.05) is 41.3 Å². The summed E-state index contributed by atoms with van der Waals surface area (Å²) < 4.78 is 5.20. The summed E-state index contributed by atoms with van der Waals surface area (Å²) in [6.07, 6.45) is -0.208. The standard InChI is InChI=1S/C21H23N3O3S2/c1-11(2)27-20(26)19-14(5)22-21(29-19)23-16(25)10-28-17-9-13(4)15-8-6-7-12(3)18(15)24-17/h6-9,11H,10H2,1-5H3,(H,22,23,25). The van der Waals surface area contributed by atoms with Gasteiger partial charge >= 0.3 is 5.97 Å². The van der Waals surface area contributed by atoms with Crippen LogP contribution in [0.25, 0.3) is 10.9 Å². The predicted octanol–water partition coefficient (Wildman–Crippen LogP) is 4.91. The van der Waals surface area contributed by atoms with Crippen molar-refractivity contribution in [2.24, 2.45) is 0 Å². The first kappa shape index (κ1) is 21.3. The molecule has 3 aromatic rings. The molecule has 3 rings (SSSR count). The Morgan fingerprint density at radius 1 is 1.17 bits per heavy atom. The third-order valence-corrected chi connectivity index (χ3v) is 6.11. The van der Waals surface area contributed by atoms with Gasteiger partial charge in [0.05, 0.1) is 28.1 Å². The number of aromatic nitrogens is 2. The number of fused-ring (bicyclic) bond motifs is 1. The zero-order chi connectivity index (χ0) is 21.1. The average Bonchev–Trinajstić information content (AvgIpc) is 3.00. The van der Waals surface area contributed by atoms with Crippen LogP contribution in [0.15, 0.2) is 29.3 Å². The maximum Gasteiger partial charge on any atom is 0.350 e. The van der Waals surface area contributed by atoms with Gasteiger partial charge in [-0.05, 0) is 51.8 Å². The smallest absolute Gasteiger partial charge is 0.350 e. The minimum Gasteiger partial charge on any atom is -0.459 e. The molecule has 0 bridgehead atoms. The van der Waals surface area contributed by atoms with E-state index in [2.05, 4.69) is 16.4 Å². The van der Waals surface area contributed by atoms with Gasteiger partial charge in [0.2, 0.25) is 5.91 Å². The molecule has 2 aromatic heterocycles. The third kappa shape index (κ3) is 5.13. The van der Waals surface area contributed by atoms with Gasteiger partial charge in [0.25, 0.3) is 0 Å². The van der Waals surface area contributed by atoms with Crippen molar-refractivity contribution in [3.63, 3.8) is 0 Å². The lowest BCUT2D eigenvalue weighted by atomic mass is 10.1. The number of esters is 1. The summed E-state index contributed by atoms with van der Waals surface area (Å²) in [6, 6.07) is 8.10. The highest BCUT2D eigenvalue weighted by Gasteiger charge is 2.19. The summed E-state index contributed by atoms with van der Waals surface area (Å²) in [6.45, 7) is 9.38. The molecule has 8 heteroatoms. The van der Waals surface area contributed by atoms with Crippen LogP contribution < -0.4 is 5.32 Å². The van der Waals surface area contributed by atoms with Crippen LogP contribution in [-0.4, -0.2) is 33.7 Å². The summed E-state index contributed by atoms with van der Waals surface area (Å²) in [4.78, 5) is 33.8. The van der Waals surface area contributed by atoms with Crippen molar-refractivity contribution in [1.82, 2.24) is 9.97 Å². The van der Waals surface area contributed by atoms with Crippen LogP contribution in [0.3, 0.4) is 0 Å². The minimum atomic E-state index is -0.420. The Bertz CT molecular complexity index is 1080. The van der Waals surface area contributed by atoms with E-state index in [0.29, 0.717) is 15.7 Å². The quantitative estimate of drug-likeness (QED) is 0.443. The molecular weight excluding hydrogens is 406 g/mol. The molecular formula is C21H23N3O3S2. The molecule has 6 nitrogen and oxygen atoms in total. The fourth-order valence-electron chi connectivity index (χ4n) is 2.81. The molecule has 0 fully saturated rings. The van der Waals surface area contributed by atoms with Gasteiger partial charge in [0.15, 0.2) is 5.13 Å². The van der Waals surface area contributed by atoms with E-state index in [1.165, 1.54) is 11.8 Å². The number of aryl methyl sites for hydroxylation is 3. The van der Waals surface area contributed by atoms with Gasteiger partial charge in [0, 0.05) is 5.39 Å². The summed E-state index contributed by atoms with van der Waals surface area (Å²) in [5, 5.41) is 5.07. The van der Waals surface area contributed by atoms with Crippen LogP contribution in [0.4, 0.5) is 5.13 Å². The maximum absolute atomic E-state index is 12.4. The number of rotatable bonds is 6. The molecule has 0 atom stereocenters. The minimum absolute atomic E-state index is 0.197. The Morgan fingerprint density at radius 3 is 2.66 bits per heavy atom. The molecule has 0 aliphatic carbocycles. The lowest BCUT2D eigenvalue weighted by Gasteiger charge is -2.08. The van der Waals surface area contributed by atoms with Gasteiger partial charge < -0.3 is 10.1 Å². The Labute approximate surface area is 178 Å². The van der Waals surface area contributed by atoms with Crippen LogP contribution in [0, 0.1) is 20.8 Å². The number of para-hydroxylation sites is 1. The number of hydrogen-bond acceptors (Lipinski definition) is 7. The van der Waals surface area contributed by atoms with Crippen molar-refractivity contribution in [1.29, 1.82) is 0 Å². The molecule has 2 heterocycles. The van der Waals surface area contributed by atoms with E-state index in [9.17, 15) is 9.59 Å². The molecule has 0 aliphatic heterocycles. The third-order valence-electron chi connectivity index (χ3n) is 4.15. The van der Waals surface area contributed by atoms with Gasteiger partial charge in [0.1, 0.15) is 4.88 Å². The molecule has 0 spiro atoms. The lowest BCUT2D eigenvalue weighted by molar-refractivity contribution is -0.113. The number of nitrogens with one attached hydrogen (secondary N) is 1. The molecule has 152 valence electrons. The number of amides is 1. The number of pyridine rings is 1. The predicted molar refractivity (Wildman–Crippen MR) is 118 cm³/mol. The van der Waals surface area contributed by atoms with E-state index in [-0.39, 0.29) is 17.8 Å². The first-order valence-electron chi connectivity index (χ1n) is 9.22. The fourth-order valence-corrected chi connectivity index (χ4v) is 4.44. The van der Waals surface area contributed by atoms with E-state index in [1.54, 1.807) is 20.8 Å². The summed E-state index contributed by atoms with van der Waals surface area (Å²) >= 11 is 2.50. The molecule has 1 amide bonds. The summed E-state index contributed by atoms with van der Waals surface area (Å²) in [5.74, 6) is -0.415. The van der Waals surface area contributed by atoms with E-state index < -0.39 is 5.97 Å². The zero-order valence-electron chi connectivity index (χ0n) is 17.0. The highest BCUT2D eigenvalue weighted by atomic mass is 32.2. The van der Waals surface area contributed by atoms with Crippen molar-refractivity contribution >= 4 is 51.0 Å². The van der Waals surface area contributed by atoms with E-state index in [1.807, 2.05) is 32.0 Å². The second kappa shape index (κ2) is 8.92. The first-order chi connectivity index (χ1) is 13.7. The average molecular weight is 430 g/mol. The van der Waals surface area contributed by atoms with Crippen LogP contribution in [0.2, 0.25) is 0 Å². The molecule has 1 N–H and O–H groups in total. The Balaban J connectivity index is 1.66. The monoisotopic (exact) mass is 429 g/mol. The molecule has 0 aliphatic rings. The van der Waals surface area contributed by atoms with Crippen molar-refractivity contribution in [3.8, 4) is 0 Å². The Hall–Kier alpha value is -2.45. The number of hydrogen-bond donors (Lipinski definition) is 1. The number of carbonyl (C=O) groups excluding carboxylic acids is 2. The van der Waals surface area contributed by atoms with Crippen LogP contribution in [0.1, 0.15) is 40.3 Å². The van der Waals surface area contributed by atoms with E-state index >= 15 is 0 Å². The van der Waals surface area contributed by atoms with Gasteiger partial charge in [-0.3, -0.25) is 4.79 Å². The van der Waals surface area contributed by atoms with Crippen LogP contribution in [-0.2, 0) is 9.53 Å². The number of thiazole rings is 1. The van der Waals surface area contributed by atoms with E-state index in [0.717, 1.165) is 38.4 Å². The van der Waals surface area contributed by atoms with Gasteiger partial charge in [-0.25, -0.2) is 14.8 Å². The number of carbonyl (C=O) groups is 2. The first-order valence-corrected chi connectivity index (χ1v) is 11.0. The van der Waals surface area contributed by atoms with Crippen LogP contribution >= 0.6 is 23.1 Å². The second-order valence-electron chi connectivity index (χ2n) is 6.97. The topological polar surface area (TPSA) is 81.2 Å². The van der Waals surface area contributed by atoms with Crippen LogP contribution in [0.5, 0.6) is 0 Å². The number of thioether (sulfide) groups is 1. The van der Waals surface area contributed by atoms with Gasteiger partial charge in [-0.15, -0.1) is 0 Å². The molecule has 0 unspecified atom stereocenters. The molecule has 0 saturated heterocycles. The van der Waals surface area contributed by atoms with Crippen molar-refractivity contribution in [2.75, 3.05) is 11.1 Å². The van der Waals surface area contributed by atoms with Crippen molar-refractivity contribution in [2.45, 2.75) is 45.7 Å². The summed E-state index contributed by atoms with van der Waals surface area (Å²) in [5.41, 5.74) is 3.74. The highest BCUT2D eigenvalue weighted by Crippen LogP contribution is 2.27. The maximum atomic E-state index is 12.4. The Kier molecular flexibility index (Phi) is 6.54. The summed E-state index contributed by atoms with van der Waals surface area (Å²) in [7, 11) is 0. The van der Waals surface area contributed by atoms with Crippen molar-refractivity contribution in [3.05, 3.63) is 46.0 Å². The van der Waals surface area contributed by atoms with E-state index in [4.69, 9.17) is 9.72 Å². The Morgan fingerprint density at radius 2 is 1.93 bits per heavy atom. The van der Waals surface area contributed by atoms with Crippen molar-refractivity contribution < 1.29 is 14.3 Å². The number of benzene rings is 1. The number of nitrogens with zero attached hydrogens (tertiary/aromatic N) is 2. The molecule has 0 saturated carbocycles. The largest absolute Gasteiger partial charge is 0.459 e. The number of anilines is 1. The molecule has 1 aromatic carbocycles. The lowest BCUT2D eigenvalue weighted by Crippen LogP contribution is -2.14. The zero-order valence-corrected chi connectivity index (χ0v) is 18.7.